The molecule has 1 unspecified atom stereocenters. The normalized spacial score (nSPS) is 11.6. The Morgan fingerprint density at radius 1 is 1.59 bits per heavy atom. The highest BCUT2D eigenvalue weighted by Gasteiger charge is 2.15. The van der Waals surface area contributed by atoms with Gasteiger partial charge in [-0.15, -0.1) is 0 Å². The lowest BCUT2D eigenvalue weighted by Crippen LogP contribution is -2.25. The van der Waals surface area contributed by atoms with E-state index in [1.54, 1.807) is 0 Å². The molecular weight excluding hydrogens is 228 g/mol. The third kappa shape index (κ3) is 3.07. The first-order valence-electron chi connectivity index (χ1n) is 4.77. The molecule has 0 heterocycles. The van der Waals surface area contributed by atoms with Crippen LogP contribution in [-0.4, -0.2) is 29.2 Å². The molecule has 17 heavy (non-hydrogen) atoms. The van der Waals surface area contributed by atoms with Crippen molar-refractivity contribution in [3.63, 3.8) is 0 Å². The monoisotopic (exact) mass is 240 g/mol. The molecule has 1 rings (SSSR count). The highest BCUT2D eigenvalue weighted by atomic mass is 16.6. The molecule has 7 nitrogen and oxygen atoms in total. The molecule has 1 aromatic carbocycles. The summed E-state index contributed by atoms with van der Waals surface area (Å²) in [5.74, 6) is -0.794. The number of carbonyl (C=O) groups is 1. The number of methoxy groups -OCH3 is 1. The minimum absolute atomic E-state index is 0.115. The quantitative estimate of drug-likeness (QED) is 0.597. The van der Waals surface area contributed by atoms with Gasteiger partial charge in [-0.1, -0.05) is 0 Å². The van der Waals surface area contributed by atoms with Crippen LogP contribution in [0.1, 0.15) is 6.92 Å². The molecule has 0 saturated carbocycles. The van der Waals surface area contributed by atoms with Crippen LogP contribution in [0.25, 0.3) is 0 Å². The number of benzene rings is 1. The summed E-state index contributed by atoms with van der Waals surface area (Å²) in [7, 11) is 1.36. The molecule has 0 saturated heterocycles. The number of non-ortho nitro benzene ring substituents is 1. The van der Waals surface area contributed by atoms with Gasteiger partial charge in [0.05, 0.1) is 23.8 Å². The second-order valence-electron chi connectivity index (χ2n) is 3.35. The fourth-order valence-electron chi connectivity index (χ4n) is 1.21. The van der Waals surface area contributed by atoms with E-state index in [-0.39, 0.29) is 11.4 Å². The first kappa shape index (κ1) is 12.8. The van der Waals surface area contributed by atoms with Gasteiger partial charge < -0.3 is 15.2 Å². The zero-order chi connectivity index (χ0) is 13.0. The Morgan fingerprint density at radius 2 is 2.24 bits per heavy atom. The first-order chi connectivity index (χ1) is 7.95. The predicted octanol–water partition coefficient (Wildman–Crippen LogP) is 1.49. The van der Waals surface area contributed by atoms with Crippen molar-refractivity contribution in [3.8, 4) is 5.75 Å². The van der Waals surface area contributed by atoms with Crippen LogP contribution >= 0.6 is 0 Å². The predicted molar refractivity (Wildman–Crippen MR) is 60.4 cm³/mol. The van der Waals surface area contributed by atoms with E-state index in [4.69, 9.17) is 9.84 Å². The Hall–Kier alpha value is -2.31. The Labute approximate surface area is 97.2 Å². The molecule has 0 amide bonds. The SMILES string of the molecule is COc1cc([N+](=O)[O-])ccc1NC(C)C(=O)O. The number of nitro groups is 1. The van der Waals surface area contributed by atoms with E-state index in [1.807, 2.05) is 0 Å². The molecular formula is C10H12N2O5. The van der Waals surface area contributed by atoms with Gasteiger partial charge in [0.15, 0.2) is 0 Å². The molecule has 0 aromatic heterocycles. The minimum atomic E-state index is -1.02. The number of nitro benzene ring substituents is 1. The summed E-state index contributed by atoms with van der Waals surface area (Å²) in [4.78, 5) is 20.7. The van der Waals surface area contributed by atoms with Crippen molar-refractivity contribution in [1.29, 1.82) is 0 Å². The molecule has 0 aliphatic carbocycles. The van der Waals surface area contributed by atoms with Crippen LogP contribution in [0.3, 0.4) is 0 Å². The van der Waals surface area contributed by atoms with Gasteiger partial charge >= 0.3 is 5.97 Å². The van der Waals surface area contributed by atoms with Gasteiger partial charge in [0.25, 0.3) is 5.69 Å². The Balaban J connectivity index is 3.00. The first-order valence-corrected chi connectivity index (χ1v) is 4.77. The topological polar surface area (TPSA) is 102 Å². The second kappa shape index (κ2) is 5.15. The van der Waals surface area contributed by atoms with Crippen molar-refractivity contribution < 1.29 is 19.6 Å². The standard InChI is InChI=1S/C10H12N2O5/c1-6(10(13)14)11-8-4-3-7(12(15)16)5-9(8)17-2/h3-6,11H,1-2H3,(H,13,14). The van der Waals surface area contributed by atoms with Crippen LogP contribution in [0.2, 0.25) is 0 Å². The van der Waals surface area contributed by atoms with Crippen molar-refractivity contribution in [2.24, 2.45) is 0 Å². The number of rotatable bonds is 5. The number of hydrogen-bond acceptors (Lipinski definition) is 5. The van der Waals surface area contributed by atoms with E-state index in [2.05, 4.69) is 5.32 Å². The average molecular weight is 240 g/mol. The molecule has 0 radical (unpaired) electrons. The van der Waals surface area contributed by atoms with Gasteiger partial charge in [-0.2, -0.15) is 0 Å². The highest BCUT2D eigenvalue weighted by Crippen LogP contribution is 2.29. The van der Waals surface area contributed by atoms with Crippen molar-refractivity contribution in [3.05, 3.63) is 28.3 Å². The van der Waals surface area contributed by atoms with Crippen LogP contribution in [0.15, 0.2) is 18.2 Å². The zero-order valence-corrected chi connectivity index (χ0v) is 9.34. The lowest BCUT2D eigenvalue weighted by atomic mass is 10.2. The van der Waals surface area contributed by atoms with Crippen molar-refractivity contribution in [2.75, 3.05) is 12.4 Å². The maximum Gasteiger partial charge on any atom is 0.325 e. The maximum atomic E-state index is 10.7. The van der Waals surface area contributed by atoms with Crippen molar-refractivity contribution >= 4 is 17.3 Å². The Kier molecular flexibility index (Phi) is 3.86. The van der Waals surface area contributed by atoms with Gasteiger partial charge in [-0.25, -0.2) is 0 Å². The molecule has 1 aromatic rings. The summed E-state index contributed by atoms with van der Waals surface area (Å²) in [6, 6.07) is 3.11. The molecule has 0 spiro atoms. The summed E-state index contributed by atoms with van der Waals surface area (Å²) in [5.41, 5.74) is 0.281. The summed E-state index contributed by atoms with van der Waals surface area (Å²) in [6.07, 6.45) is 0. The zero-order valence-electron chi connectivity index (χ0n) is 9.34. The summed E-state index contributed by atoms with van der Waals surface area (Å²) in [5, 5.41) is 22.0. The average Bonchev–Trinajstić information content (AvgIpc) is 2.28. The molecule has 7 heteroatoms. The Bertz CT molecular complexity index is 446. The third-order valence-corrected chi connectivity index (χ3v) is 2.14. The minimum Gasteiger partial charge on any atom is -0.494 e. The third-order valence-electron chi connectivity index (χ3n) is 2.14. The number of hydrogen-bond donors (Lipinski definition) is 2. The van der Waals surface area contributed by atoms with E-state index < -0.39 is 16.9 Å². The lowest BCUT2D eigenvalue weighted by molar-refractivity contribution is -0.384. The molecule has 0 aliphatic rings. The van der Waals surface area contributed by atoms with Gasteiger partial charge in [-0.05, 0) is 13.0 Å². The fraction of sp³-hybridized carbons (Fsp3) is 0.300. The van der Waals surface area contributed by atoms with E-state index in [0.29, 0.717) is 5.69 Å². The molecule has 1 atom stereocenters. The highest BCUT2D eigenvalue weighted by molar-refractivity contribution is 5.78. The van der Waals surface area contributed by atoms with Crippen molar-refractivity contribution in [1.82, 2.24) is 0 Å². The molecule has 92 valence electrons. The van der Waals surface area contributed by atoms with E-state index in [9.17, 15) is 14.9 Å². The number of aliphatic carboxylic acids is 1. The molecule has 0 aliphatic heterocycles. The lowest BCUT2D eigenvalue weighted by Gasteiger charge is -2.13. The largest absolute Gasteiger partial charge is 0.494 e. The van der Waals surface area contributed by atoms with Gasteiger partial charge in [-0.3, -0.25) is 14.9 Å². The summed E-state index contributed by atoms with van der Waals surface area (Å²) >= 11 is 0. The molecule has 2 N–H and O–H groups in total. The number of anilines is 1. The summed E-state index contributed by atoms with van der Waals surface area (Å²) in [6.45, 7) is 1.46. The smallest absolute Gasteiger partial charge is 0.325 e. The number of ether oxygens (including phenoxy) is 1. The second-order valence-corrected chi connectivity index (χ2v) is 3.35. The van der Waals surface area contributed by atoms with Gasteiger partial charge in [0.1, 0.15) is 11.8 Å². The van der Waals surface area contributed by atoms with Crippen molar-refractivity contribution in [2.45, 2.75) is 13.0 Å². The van der Waals surface area contributed by atoms with Crippen LogP contribution in [0.5, 0.6) is 5.75 Å². The van der Waals surface area contributed by atoms with Crippen LogP contribution in [0, 0.1) is 10.1 Å². The van der Waals surface area contributed by atoms with E-state index >= 15 is 0 Å². The summed E-state index contributed by atoms with van der Waals surface area (Å²) < 4.78 is 4.96. The number of carboxylic acid groups (broad SMARTS) is 1. The Morgan fingerprint density at radius 3 is 2.71 bits per heavy atom. The van der Waals surface area contributed by atoms with Crippen LogP contribution in [-0.2, 0) is 4.79 Å². The fourth-order valence-corrected chi connectivity index (χ4v) is 1.21. The number of carboxylic acids is 1. The van der Waals surface area contributed by atoms with Crippen LogP contribution in [0.4, 0.5) is 11.4 Å². The molecule has 0 bridgehead atoms. The maximum absolute atomic E-state index is 10.7. The van der Waals surface area contributed by atoms with Gasteiger partial charge in [0.2, 0.25) is 0 Å². The number of nitrogens with one attached hydrogen (secondary N) is 1. The number of nitrogens with zero attached hydrogens (tertiary/aromatic N) is 1. The van der Waals surface area contributed by atoms with E-state index in [0.717, 1.165) is 0 Å². The van der Waals surface area contributed by atoms with E-state index in [1.165, 1.54) is 32.2 Å². The molecule has 0 fully saturated rings. The van der Waals surface area contributed by atoms with Gasteiger partial charge in [0, 0.05) is 6.07 Å². The van der Waals surface area contributed by atoms with Crippen LogP contribution < -0.4 is 10.1 Å².